The Hall–Kier alpha value is -3.00. The molecule has 1 saturated carbocycles. The lowest BCUT2D eigenvalue weighted by Crippen LogP contribution is -2.54. The van der Waals surface area contributed by atoms with E-state index in [0.717, 1.165) is 0 Å². The zero-order valence-corrected chi connectivity index (χ0v) is 37.2. The fraction of sp³-hybridized carbons (Fsp3) is 0.750. The van der Waals surface area contributed by atoms with Crippen LogP contribution in [0.2, 0.25) is 0 Å². The number of carbonyl (C=O) groups excluding carboxylic acids is 4. The van der Waals surface area contributed by atoms with Gasteiger partial charge in [-0.2, -0.15) is 0 Å². The summed E-state index contributed by atoms with van der Waals surface area (Å²) in [6.45, 7) is 13.2. The number of nitrogens with zero attached hydrogens (tertiary/aromatic N) is 1. The minimum Gasteiger partial charge on any atom is -0.460 e. The molecule has 14 atom stereocenters. The number of aliphatic hydroxyl groups excluding tert-OH is 4. The third-order valence-electron chi connectivity index (χ3n) is 13.7. The molecule has 0 aromatic heterocycles. The Morgan fingerprint density at radius 3 is 2.25 bits per heavy atom. The highest BCUT2D eigenvalue weighted by Crippen LogP contribution is 2.38. The van der Waals surface area contributed by atoms with Crippen molar-refractivity contribution < 1.29 is 54.2 Å². The maximum absolute atomic E-state index is 14.2. The van der Waals surface area contributed by atoms with Crippen molar-refractivity contribution in [2.24, 2.45) is 35.5 Å². The van der Waals surface area contributed by atoms with Crippen molar-refractivity contribution >= 4 is 23.4 Å². The van der Waals surface area contributed by atoms with Crippen LogP contribution in [0.5, 0.6) is 0 Å². The molecule has 12 nitrogen and oxygen atoms in total. The van der Waals surface area contributed by atoms with Crippen LogP contribution in [0.25, 0.3) is 0 Å². The first kappa shape index (κ1) is 49.7. The summed E-state index contributed by atoms with van der Waals surface area (Å²) in [5.74, 6) is -4.65. The lowest BCUT2D eigenvalue weighted by Gasteiger charge is -2.44. The molecule has 3 aliphatic heterocycles. The lowest BCUT2D eigenvalue weighted by molar-refractivity contribution is -0.283. The molecular weight excluding hydrogens is 767 g/mol. The summed E-state index contributed by atoms with van der Waals surface area (Å²) in [4.78, 5) is 56.9. The minimum atomic E-state index is -1.80. The van der Waals surface area contributed by atoms with E-state index in [1.165, 1.54) is 4.90 Å². The van der Waals surface area contributed by atoms with Crippen LogP contribution in [0, 0.1) is 35.5 Å². The molecule has 0 spiro atoms. The summed E-state index contributed by atoms with van der Waals surface area (Å²) in [5.41, 5.74) is 1.22. The third-order valence-corrected chi connectivity index (χ3v) is 13.7. The largest absolute Gasteiger partial charge is 0.460 e. The molecule has 2 saturated heterocycles. The average Bonchev–Trinajstić information content (AvgIpc) is 3.19. The molecule has 1 amide bonds. The van der Waals surface area contributed by atoms with E-state index in [1.807, 2.05) is 65.0 Å². The van der Waals surface area contributed by atoms with E-state index in [2.05, 4.69) is 0 Å². The maximum Gasteiger partial charge on any atom is 0.329 e. The molecule has 12 heteroatoms. The second-order valence-corrected chi connectivity index (χ2v) is 18.9. The summed E-state index contributed by atoms with van der Waals surface area (Å²) >= 11 is 0. The van der Waals surface area contributed by atoms with Gasteiger partial charge in [0.25, 0.3) is 0 Å². The van der Waals surface area contributed by atoms with Gasteiger partial charge < -0.3 is 39.9 Å². The van der Waals surface area contributed by atoms with Crippen molar-refractivity contribution in [2.45, 2.75) is 187 Å². The zero-order valence-electron chi connectivity index (χ0n) is 37.2. The molecule has 4 rings (SSSR count). The summed E-state index contributed by atoms with van der Waals surface area (Å²) in [6, 6.07) is -0.924. The fourth-order valence-corrected chi connectivity index (χ4v) is 9.37. The standard InChI is InChI=1S/C48H75NO11/c1-29-13-9-8-10-14-30(2)40(51)25-37-18-16-35(7)48(58,60-37)28-46(56)49-20-12-11-15-38(49)47(57)59-45(34(6)23-36-17-19-39(50)44(55)24-36)27-43(54)33(5)22-32(4)42(53)26-41(52)31(3)21-29/h8-10,13-14,22,29,31,33-40,42,44-45,50-51,53,55,58H,11-12,15-21,23-28H2,1-7H3/b10-8+,13-9+,30-14+,32-22+/t29-,31-,33-,34-,35-,36?,37?,38+,39-,40+,42+,44-,45+,48+/m1/s1. The van der Waals surface area contributed by atoms with Gasteiger partial charge in [0.2, 0.25) is 5.91 Å². The number of aliphatic hydroxyl groups is 5. The van der Waals surface area contributed by atoms with Crippen LogP contribution < -0.4 is 0 Å². The van der Waals surface area contributed by atoms with Crippen LogP contribution in [-0.2, 0) is 28.7 Å². The number of ether oxygens (including phenoxy) is 2. The van der Waals surface area contributed by atoms with Crippen LogP contribution in [0.1, 0.15) is 138 Å². The SMILES string of the molecule is C/C1=C\[C@@H](C)C(=O)C[C@@H]([C@H](C)CC2CC[C@@H](O)[C@H](O)C2)OC(=O)[C@@H]2CCCCN2C(=O)C[C@]2(O)OC(CC[C@H]2C)C[C@H](O)/C(C)=C/C=C/C=C/[C@@H](C)C[C@@H](C)C(=O)C[C@@H]1O. The van der Waals surface area contributed by atoms with Gasteiger partial charge in [0.15, 0.2) is 5.79 Å². The predicted molar refractivity (Wildman–Crippen MR) is 229 cm³/mol. The fourth-order valence-electron chi connectivity index (χ4n) is 9.37. The van der Waals surface area contributed by atoms with Gasteiger partial charge in [-0.05, 0) is 107 Å². The van der Waals surface area contributed by atoms with E-state index >= 15 is 0 Å². The number of ketones is 2. The van der Waals surface area contributed by atoms with Crippen molar-refractivity contribution in [3.63, 3.8) is 0 Å². The van der Waals surface area contributed by atoms with Gasteiger partial charge in [0.1, 0.15) is 23.7 Å². The van der Waals surface area contributed by atoms with Gasteiger partial charge in [0.05, 0.1) is 36.9 Å². The third kappa shape index (κ3) is 14.3. The Kier molecular flexibility index (Phi) is 19.0. The molecule has 0 radical (unpaired) electrons. The van der Waals surface area contributed by atoms with Gasteiger partial charge in [0, 0.05) is 43.6 Å². The Balaban J connectivity index is 1.62. The maximum atomic E-state index is 14.2. The van der Waals surface area contributed by atoms with Gasteiger partial charge in [-0.25, -0.2) is 4.79 Å². The quantitative estimate of drug-likeness (QED) is 0.164. The second kappa shape index (κ2) is 22.9. The molecule has 338 valence electrons. The number of esters is 1. The second-order valence-electron chi connectivity index (χ2n) is 18.9. The smallest absolute Gasteiger partial charge is 0.329 e. The van der Waals surface area contributed by atoms with Crippen molar-refractivity contribution in [2.75, 3.05) is 6.54 Å². The van der Waals surface area contributed by atoms with Crippen molar-refractivity contribution in [1.29, 1.82) is 0 Å². The summed E-state index contributed by atoms with van der Waals surface area (Å²) in [5, 5.41) is 54.5. The molecule has 5 N–H and O–H groups in total. The number of fused-ring (bicyclic) bond motifs is 3. The van der Waals surface area contributed by atoms with Crippen molar-refractivity contribution in [3.8, 4) is 0 Å². The Bertz CT molecular complexity index is 1590. The molecule has 0 aromatic carbocycles. The molecule has 4 aliphatic rings. The number of Topliss-reactive ketones (excluding diaryl/α,β-unsaturated/α-hetero) is 2. The van der Waals surface area contributed by atoms with E-state index in [9.17, 15) is 44.7 Å². The molecule has 0 aromatic rings. The summed E-state index contributed by atoms with van der Waals surface area (Å²) < 4.78 is 12.5. The number of rotatable bonds is 3. The molecule has 60 heavy (non-hydrogen) atoms. The van der Waals surface area contributed by atoms with Gasteiger partial charge in [-0.15, -0.1) is 0 Å². The highest BCUT2D eigenvalue weighted by molar-refractivity contribution is 5.86. The first-order chi connectivity index (χ1) is 28.3. The van der Waals surface area contributed by atoms with Gasteiger partial charge >= 0.3 is 5.97 Å². The topological polar surface area (TPSA) is 191 Å². The normalized spacial score (nSPS) is 41.5. The Morgan fingerprint density at radius 1 is 0.800 bits per heavy atom. The van der Waals surface area contributed by atoms with E-state index in [0.29, 0.717) is 81.9 Å². The summed E-state index contributed by atoms with van der Waals surface area (Å²) in [7, 11) is 0. The first-order valence-electron chi connectivity index (χ1n) is 22.7. The Morgan fingerprint density at radius 2 is 1.53 bits per heavy atom. The number of cyclic esters (lactones) is 1. The van der Waals surface area contributed by atoms with Gasteiger partial charge in [-0.1, -0.05) is 71.1 Å². The molecule has 2 unspecified atom stereocenters. The number of hydrogen-bond donors (Lipinski definition) is 5. The van der Waals surface area contributed by atoms with E-state index < -0.39 is 66.2 Å². The van der Waals surface area contributed by atoms with E-state index in [-0.39, 0.29) is 66.8 Å². The van der Waals surface area contributed by atoms with Gasteiger partial charge in [-0.3, -0.25) is 14.4 Å². The molecular formula is C48H75NO11. The molecule has 2 bridgehead atoms. The highest BCUT2D eigenvalue weighted by atomic mass is 16.6. The van der Waals surface area contributed by atoms with Crippen molar-refractivity contribution in [3.05, 3.63) is 47.6 Å². The number of carbonyl (C=O) groups is 4. The van der Waals surface area contributed by atoms with Crippen LogP contribution in [0.3, 0.4) is 0 Å². The average molecular weight is 842 g/mol. The Labute approximate surface area is 358 Å². The zero-order chi connectivity index (χ0) is 44.3. The lowest BCUT2D eigenvalue weighted by atomic mass is 9.78. The number of hydrogen-bond acceptors (Lipinski definition) is 11. The van der Waals surface area contributed by atoms with Crippen molar-refractivity contribution in [1.82, 2.24) is 4.90 Å². The van der Waals surface area contributed by atoms with Crippen LogP contribution >= 0.6 is 0 Å². The monoisotopic (exact) mass is 842 g/mol. The highest BCUT2D eigenvalue weighted by Gasteiger charge is 2.46. The van der Waals surface area contributed by atoms with E-state index in [1.54, 1.807) is 19.9 Å². The number of allylic oxidation sites excluding steroid dienone is 6. The predicted octanol–water partition coefficient (Wildman–Crippen LogP) is 6.07. The van der Waals surface area contributed by atoms with Crippen LogP contribution in [0.4, 0.5) is 0 Å². The minimum absolute atomic E-state index is 0.0446. The molecule has 1 aliphatic carbocycles. The summed E-state index contributed by atoms with van der Waals surface area (Å²) in [6.07, 6.45) is 11.4. The first-order valence-corrected chi connectivity index (χ1v) is 22.7. The van der Waals surface area contributed by atoms with Crippen LogP contribution in [-0.4, -0.2) is 109 Å². The number of piperidine rings is 1. The van der Waals surface area contributed by atoms with E-state index in [4.69, 9.17) is 9.47 Å². The molecule has 3 heterocycles. The molecule has 3 fully saturated rings. The van der Waals surface area contributed by atoms with Crippen LogP contribution in [0.15, 0.2) is 47.6 Å². The number of amides is 1.